The number of nitrogens with zero attached hydrogens (tertiary/aromatic N) is 4. The molecule has 0 fully saturated rings. The van der Waals surface area contributed by atoms with Crippen molar-refractivity contribution in [3.8, 4) is 17.2 Å². The van der Waals surface area contributed by atoms with Gasteiger partial charge in [0.25, 0.3) is 0 Å². The van der Waals surface area contributed by atoms with Crippen LogP contribution in [0.2, 0.25) is 0 Å². The smallest absolute Gasteiger partial charge is 0.243 e. The molecule has 0 saturated heterocycles. The summed E-state index contributed by atoms with van der Waals surface area (Å²) in [5.41, 5.74) is 2.07. The van der Waals surface area contributed by atoms with Gasteiger partial charge in [0.15, 0.2) is 11.5 Å². The van der Waals surface area contributed by atoms with Gasteiger partial charge < -0.3 is 19.5 Å². The third-order valence-electron chi connectivity index (χ3n) is 4.90. The molecule has 2 atom stereocenters. The van der Waals surface area contributed by atoms with Gasteiger partial charge in [-0.3, -0.25) is 0 Å². The molecule has 8 nitrogen and oxygen atoms in total. The monoisotopic (exact) mass is 445 g/mol. The van der Waals surface area contributed by atoms with Crippen molar-refractivity contribution >= 4 is 21.9 Å². The first-order valence-corrected chi connectivity index (χ1v) is 9.53. The van der Waals surface area contributed by atoms with E-state index in [9.17, 15) is 0 Å². The number of rotatable bonds is 5. The Balaban J connectivity index is 1.80. The highest BCUT2D eigenvalue weighted by atomic mass is 79.9. The average Bonchev–Trinajstić information content (AvgIpc) is 3.20. The van der Waals surface area contributed by atoms with E-state index in [0.29, 0.717) is 23.2 Å². The van der Waals surface area contributed by atoms with Gasteiger partial charge in [-0.1, -0.05) is 33.2 Å². The van der Waals surface area contributed by atoms with Crippen molar-refractivity contribution in [1.82, 2.24) is 20.2 Å². The number of fused-ring (bicyclic) bond motifs is 1. The van der Waals surface area contributed by atoms with E-state index in [1.807, 2.05) is 24.3 Å². The van der Waals surface area contributed by atoms with E-state index in [2.05, 4.69) is 48.9 Å². The summed E-state index contributed by atoms with van der Waals surface area (Å²) in [6.07, 6.45) is 0.736. The molecule has 146 valence electrons. The zero-order chi connectivity index (χ0) is 19.7. The van der Waals surface area contributed by atoms with E-state index in [1.54, 1.807) is 26.0 Å². The highest BCUT2D eigenvalue weighted by Crippen LogP contribution is 2.44. The van der Waals surface area contributed by atoms with Crippen LogP contribution in [-0.2, 0) is 0 Å². The molecule has 1 aliphatic rings. The quantitative estimate of drug-likeness (QED) is 0.641. The molecule has 2 unspecified atom stereocenters. The zero-order valence-electron chi connectivity index (χ0n) is 15.7. The number of halogens is 1. The van der Waals surface area contributed by atoms with E-state index in [1.165, 1.54) is 0 Å². The summed E-state index contributed by atoms with van der Waals surface area (Å²) in [4.78, 5) is 0. The van der Waals surface area contributed by atoms with E-state index >= 15 is 0 Å². The van der Waals surface area contributed by atoms with E-state index in [-0.39, 0.29) is 12.1 Å². The number of ether oxygens (including phenoxy) is 3. The third kappa shape index (κ3) is 3.26. The molecule has 9 heteroatoms. The molecule has 1 aromatic heterocycles. The Bertz CT molecular complexity index is 993. The Morgan fingerprint density at radius 2 is 1.79 bits per heavy atom. The Labute approximate surface area is 170 Å². The van der Waals surface area contributed by atoms with Crippen LogP contribution in [0.25, 0.3) is 0 Å². The molecular weight excluding hydrogens is 426 g/mol. The second-order valence-corrected chi connectivity index (χ2v) is 7.32. The largest absolute Gasteiger partial charge is 0.496 e. The molecule has 0 bridgehead atoms. The minimum absolute atomic E-state index is 0.0406. The van der Waals surface area contributed by atoms with Crippen LogP contribution in [0, 0.1) is 0 Å². The summed E-state index contributed by atoms with van der Waals surface area (Å²) in [6.45, 7) is 0. The summed E-state index contributed by atoms with van der Waals surface area (Å²) >= 11 is 3.55. The van der Waals surface area contributed by atoms with Crippen LogP contribution in [0.1, 0.15) is 29.6 Å². The summed E-state index contributed by atoms with van der Waals surface area (Å²) in [7, 11) is 4.85. The van der Waals surface area contributed by atoms with Crippen molar-refractivity contribution in [2.24, 2.45) is 0 Å². The molecule has 0 aliphatic carbocycles. The lowest BCUT2D eigenvalue weighted by atomic mass is 9.92. The lowest BCUT2D eigenvalue weighted by molar-refractivity contribution is 0.340. The summed E-state index contributed by atoms with van der Waals surface area (Å²) < 4.78 is 19.4. The third-order valence-corrected chi connectivity index (χ3v) is 5.39. The maximum atomic E-state index is 5.65. The average molecular weight is 446 g/mol. The molecule has 0 spiro atoms. The lowest BCUT2D eigenvalue weighted by Crippen LogP contribution is -2.28. The number of benzene rings is 2. The minimum Gasteiger partial charge on any atom is -0.496 e. The van der Waals surface area contributed by atoms with Gasteiger partial charge in [0, 0.05) is 16.1 Å². The highest BCUT2D eigenvalue weighted by Gasteiger charge is 2.33. The Morgan fingerprint density at radius 3 is 2.50 bits per heavy atom. The first kappa shape index (κ1) is 18.5. The topological polar surface area (TPSA) is 83.3 Å². The summed E-state index contributed by atoms with van der Waals surface area (Å²) in [5, 5.41) is 15.6. The molecule has 1 N–H and O–H groups in total. The van der Waals surface area contributed by atoms with E-state index in [4.69, 9.17) is 14.2 Å². The van der Waals surface area contributed by atoms with Gasteiger partial charge >= 0.3 is 0 Å². The van der Waals surface area contributed by atoms with Crippen LogP contribution >= 0.6 is 15.9 Å². The Hall–Kier alpha value is -2.81. The van der Waals surface area contributed by atoms with Gasteiger partial charge in [-0.2, -0.15) is 0 Å². The van der Waals surface area contributed by atoms with Crippen LogP contribution < -0.4 is 19.5 Å². The normalized spacial score (nSPS) is 18.1. The first-order valence-electron chi connectivity index (χ1n) is 8.74. The van der Waals surface area contributed by atoms with Gasteiger partial charge in [-0.15, -0.1) is 0 Å². The fourth-order valence-corrected chi connectivity index (χ4v) is 3.97. The second kappa shape index (κ2) is 7.67. The van der Waals surface area contributed by atoms with Crippen molar-refractivity contribution in [2.45, 2.75) is 18.5 Å². The van der Waals surface area contributed by atoms with Crippen LogP contribution in [0.4, 0.5) is 5.95 Å². The van der Waals surface area contributed by atoms with E-state index in [0.717, 1.165) is 22.0 Å². The second-order valence-electron chi connectivity index (χ2n) is 6.40. The zero-order valence-corrected chi connectivity index (χ0v) is 17.3. The number of hydrogen-bond donors (Lipinski definition) is 1. The number of nitrogens with one attached hydrogen (secondary N) is 1. The van der Waals surface area contributed by atoms with Crippen molar-refractivity contribution in [3.05, 3.63) is 52.0 Å². The van der Waals surface area contributed by atoms with Crippen molar-refractivity contribution < 1.29 is 14.2 Å². The maximum absolute atomic E-state index is 5.65. The minimum atomic E-state index is -0.134. The molecule has 0 radical (unpaired) electrons. The molecule has 0 amide bonds. The van der Waals surface area contributed by atoms with Gasteiger partial charge in [0.05, 0.1) is 33.4 Å². The number of tetrazole rings is 1. The molecule has 1 aliphatic heterocycles. The fourth-order valence-electron chi connectivity index (χ4n) is 3.55. The van der Waals surface area contributed by atoms with Gasteiger partial charge in [0.2, 0.25) is 5.95 Å². The molecule has 2 heterocycles. The van der Waals surface area contributed by atoms with Crippen LogP contribution in [0.5, 0.6) is 17.2 Å². The Kier molecular flexibility index (Phi) is 5.08. The van der Waals surface area contributed by atoms with Crippen LogP contribution in [-0.4, -0.2) is 41.5 Å². The molecule has 4 rings (SSSR count). The molecular formula is C19H20BrN5O3. The molecule has 0 saturated carbocycles. The SMILES string of the molecule is COc1cc(OC)c(C2CC(c3cccc(Br)c3)Nc3nnnn32)cc1OC. The number of aromatic nitrogens is 4. The highest BCUT2D eigenvalue weighted by molar-refractivity contribution is 9.10. The van der Waals surface area contributed by atoms with Gasteiger partial charge in [0.1, 0.15) is 5.75 Å². The molecule has 28 heavy (non-hydrogen) atoms. The molecule has 3 aromatic rings. The maximum Gasteiger partial charge on any atom is 0.243 e. The van der Waals surface area contributed by atoms with Crippen LogP contribution in [0.15, 0.2) is 40.9 Å². The first-order chi connectivity index (χ1) is 13.6. The number of hydrogen-bond acceptors (Lipinski definition) is 7. The van der Waals surface area contributed by atoms with Gasteiger partial charge in [-0.05, 0) is 40.6 Å². The van der Waals surface area contributed by atoms with E-state index < -0.39 is 0 Å². The standard InChI is InChI=1S/C19H20BrN5O3/c1-26-16-10-18(28-3)17(27-2)8-13(16)15-9-14(11-5-4-6-12(20)7-11)21-19-22-23-24-25(15)19/h4-8,10,14-15H,9H2,1-3H3,(H,21,22,24). The van der Waals surface area contributed by atoms with Crippen LogP contribution in [0.3, 0.4) is 0 Å². The summed E-state index contributed by atoms with van der Waals surface area (Å²) in [5.74, 6) is 2.54. The predicted molar refractivity (Wildman–Crippen MR) is 107 cm³/mol. The van der Waals surface area contributed by atoms with Gasteiger partial charge in [-0.25, -0.2) is 4.68 Å². The van der Waals surface area contributed by atoms with Crippen molar-refractivity contribution in [3.63, 3.8) is 0 Å². The van der Waals surface area contributed by atoms with Crippen molar-refractivity contribution in [1.29, 1.82) is 0 Å². The Morgan fingerprint density at radius 1 is 1.04 bits per heavy atom. The predicted octanol–water partition coefficient (Wildman–Crippen LogP) is 3.61. The molecule has 2 aromatic carbocycles. The number of anilines is 1. The number of methoxy groups -OCH3 is 3. The lowest BCUT2D eigenvalue weighted by Gasteiger charge is -2.32. The fraction of sp³-hybridized carbons (Fsp3) is 0.316. The van der Waals surface area contributed by atoms with Crippen molar-refractivity contribution in [2.75, 3.05) is 26.6 Å². The summed E-state index contributed by atoms with van der Waals surface area (Å²) in [6, 6.07) is 11.9.